The first kappa shape index (κ1) is 21.7. The molecule has 4 aliphatic rings. The van der Waals surface area contributed by atoms with Gasteiger partial charge in [-0.1, -0.05) is 58.4 Å². The molecular weight excluding hydrogens is 352 g/mol. The lowest BCUT2D eigenvalue weighted by Crippen LogP contribution is -2.49. The molecule has 1 heteroatoms. The average Bonchev–Trinajstić information content (AvgIpc) is 3.03. The van der Waals surface area contributed by atoms with Crippen LogP contribution in [0, 0.1) is 46.3 Å². The predicted molar refractivity (Wildman–Crippen MR) is 124 cm³/mol. The molecule has 0 spiro atoms. The number of allylic oxidation sites excluding steroid dienone is 3. The van der Waals surface area contributed by atoms with E-state index in [0.717, 1.165) is 36.5 Å². The monoisotopic (exact) mass is 398 g/mol. The Morgan fingerprint density at radius 2 is 1.76 bits per heavy atom. The molecule has 0 aromatic carbocycles. The molecule has 0 unspecified atom stereocenters. The molecule has 0 aromatic heterocycles. The predicted octanol–water partition coefficient (Wildman–Crippen LogP) is 7.55. The highest BCUT2D eigenvalue weighted by atomic mass is 16.3. The number of hydrogen-bond acceptors (Lipinski definition) is 1. The number of aliphatic hydroxyl groups is 1. The van der Waals surface area contributed by atoms with Crippen LogP contribution in [0.2, 0.25) is 0 Å². The SMILES string of the molecule is C=C(CC[C@@H](C)[C@@H]1CC[C@H]2C3=CC[C@H]4C[C@H](O)CC[C@@]4(C)[C@@H]3CC[C@]21C)C(C)C. The van der Waals surface area contributed by atoms with Crippen LogP contribution in [0.4, 0.5) is 0 Å². The molecule has 4 rings (SSSR count). The fraction of sp³-hybridized carbons (Fsp3) is 0.857. The molecule has 4 aliphatic carbocycles. The summed E-state index contributed by atoms with van der Waals surface area (Å²) in [6.45, 7) is 16.7. The minimum atomic E-state index is -0.0471. The van der Waals surface area contributed by atoms with Gasteiger partial charge in [-0.05, 0) is 111 Å². The summed E-state index contributed by atoms with van der Waals surface area (Å²) in [5.41, 5.74) is 4.26. The normalized spacial score (nSPS) is 45.2. The van der Waals surface area contributed by atoms with Crippen molar-refractivity contribution < 1.29 is 5.11 Å². The smallest absolute Gasteiger partial charge is 0.0543 e. The van der Waals surface area contributed by atoms with Crippen LogP contribution in [0.25, 0.3) is 0 Å². The van der Waals surface area contributed by atoms with E-state index in [4.69, 9.17) is 0 Å². The van der Waals surface area contributed by atoms with E-state index in [1.54, 1.807) is 0 Å². The highest BCUT2D eigenvalue weighted by Gasteiger charge is 2.58. The Kier molecular flexibility index (Phi) is 5.86. The second-order valence-electron chi connectivity index (χ2n) is 12.2. The quantitative estimate of drug-likeness (QED) is 0.474. The molecule has 3 fully saturated rings. The lowest BCUT2D eigenvalue weighted by Gasteiger charge is -2.57. The maximum absolute atomic E-state index is 10.2. The van der Waals surface area contributed by atoms with E-state index in [1.165, 1.54) is 56.9 Å². The molecular formula is C28H46O. The molecule has 0 aliphatic heterocycles. The van der Waals surface area contributed by atoms with Gasteiger partial charge in [-0.25, -0.2) is 0 Å². The van der Waals surface area contributed by atoms with Gasteiger partial charge < -0.3 is 5.11 Å². The van der Waals surface area contributed by atoms with E-state index in [2.05, 4.69) is 47.3 Å². The van der Waals surface area contributed by atoms with Gasteiger partial charge in [0.1, 0.15) is 0 Å². The van der Waals surface area contributed by atoms with Crippen LogP contribution in [0.15, 0.2) is 23.8 Å². The molecule has 1 nitrogen and oxygen atoms in total. The Bertz CT molecular complexity index is 659. The maximum atomic E-state index is 10.2. The summed E-state index contributed by atoms with van der Waals surface area (Å²) in [5, 5.41) is 10.2. The molecule has 29 heavy (non-hydrogen) atoms. The van der Waals surface area contributed by atoms with Crippen molar-refractivity contribution >= 4 is 0 Å². The zero-order valence-electron chi connectivity index (χ0n) is 19.8. The third-order valence-electron chi connectivity index (χ3n) is 10.5. The average molecular weight is 399 g/mol. The fourth-order valence-corrected chi connectivity index (χ4v) is 8.37. The number of rotatable bonds is 5. The molecule has 0 aromatic rings. The van der Waals surface area contributed by atoms with Crippen LogP contribution >= 0.6 is 0 Å². The van der Waals surface area contributed by atoms with Crippen LogP contribution in [0.1, 0.15) is 98.8 Å². The van der Waals surface area contributed by atoms with Gasteiger partial charge in [-0.15, -0.1) is 0 Å². The molecule has 8 atom stereocenters. The first-order valence-electron chi connectivity index (χ1n) is 12.7. The summed E-state index contributed by atoms with van der Waals surface area (Å²) < 4.78 is 0. The van der Waals surface area contributed by atoms with Crippen molar-refractivity contribution in [2.24, 2.45) is 46.3 Å². The Hall–Kier alpha value is -0.560. The zero-order chi connectivity index (χ0) is 21.0. The van der Waals surface area contributed by atoms with E-state index >= 15 is 0 Å². The first-order valence-corrected chi connectivity index (χ1v) is 12.7. The molecule has 0 radical (unpaired) electrons. The number of hydrogen-bond donors (Lipinski definition) is 1. The maximum Gasteiger partial charge on any atom is 0.0543 e. The molecule has 0 heterocycles. The highest BCUT2D eigenvalue weighted by Crippen LogP contribution is 2.66. The summed E-state index contributed by atoms with van der Waals surface area (Å²) in [7, 11) is 0. The van der Waals surface area contributed by atoms with Crippen LogP contribution in [-0.2, 0) is 0 Å². The molecule has 3 saturated carbocycles. The Morgan fingerprint density at radius 1 is 1.07 bits per heavy atom. The Balaban J connectivity index is 1.50. The van der Waals surface area contributed by atoms with Crippen molar-refractivity contribution in [3.05, 3.63) is 23.8 Å². The molecule has 1 N–H and O–H groups in total. The molecule has 0 amide bonds. The van der Waals surface area contributed by atoms with Crippen LogP contribution < -0.4 is 0 Å². The van der Waals surface area contributed by atoms with Crippen molar-refractivity contribution in [3.8, 4) is 0 Å². The second kappa shape index (κ2) is 7.85. The first-order chi connectivity index (χ1) is 13.7. The lowest BCUT2D eigenvalue weighted by atomic mass is 9.47. The topological polar surface area (TPSA) is 20.2 Å². The minimum absolute atomic E-state index is 0.0471. The van der Waals surface area contributed by atoms with E-state index in [9.17, 15) is 5.11 Å². The summed E-state index contributed by atoms with van der Waals surface area (Å²) in [6.07, 6.45) is 15.3. The van der Waals surface area contributed by atoms with Gasteiger partial charge in [0.05, 0.1) is 6.10 Å². The van der Waals surface area contributed by atoms with Crippen molar-refractivity contribution in [2.75, 3.05) is 0 Å². The van der Waals surface area contributed by atoms with E-state index in [0.29, 0.717) is 22.7 Å². The third-order valence-corrected chi connectivity index (χ3v) is 10.5. The number of fused-ring (bicyclic) bond motifs is 5. The molecule has 0 saturated heterocycles. The van der Waals surface area contributed by atoms with Crippen LogP contribution in [0.3, 0.4) is 0 Å². The van der Waals surface area contributed by atoms with Crippen LogP contribution in [-0.4, -0.2) is 11.2 Å². The van der Waals surface area contributed by atoms with Crippen molar-refractivity contribution in [1.82, 2.24) is 0 Å². The van der Waals surface area contributed by atoms with Gasteiger partial charge >= 0.3 is 0 Å². The van der Waals surface area contributed by atoms with Gasteiger partial charge in [0.15, 0.2) is 0 Å². The van der Waals surface area contributed by atoms with E-state index in [1.807, 2.05) is 5.57 Å². The van der Waals surface area contributed by atoms with Crippen molar-refractivity contribution in [1.29, 1.82) is 0 Å². The van der Waals surface area contributed by atoms with Gasteiger partial charge in [0.25, 0.3) is 0 Å². The fourth-order valence-electron chi connectivity index (χ4n) is 8.37. The summed E-state index contributed by atoms with van der Waals surface area (Å²) >= 11 is 0. The largest absolute Gasteiger partial charge is 0.393 e. The summed E-state index contributed by atoms with van der Waals surface area (Å²) in [6, 6.07) is 0. The van der Waals surface area contributed by atoms with Gasteiger partial charge in [-0.2, -0.15) is 0 Å². The summed E-state index contributed by atoms with van der Waals surface area (Å²) in [5.74, 6) is 4.65. The molecule has 164 valence electrons. The zero-order valence-corrected chi connectivity index (χ0v) is 19.8. The van der Waals surface area contributed by atoms with Gasteiger partial charge in [0.2, 0.25) is 0 Å². The van der Waals surface area contributed by atoms with Gasteiger partial charge in [-0.3, -0.25) is 0 Å². The minimum Gasteiger partial charge on any atom is -0.393 e. The van der Waals surface area contributed by atoms with Gasteiger partial charge in [0, 0.05) is 0 Å². The Morgan fingerprint density at radius 3 is 2.48 bits per heavy atom. The highest BCUT2D eigenvalue weighted by molar-refractivity contribution is 5.27. The molecule has 0 bridgehead atoms. The van der Waals surface area contributed by atoms with Crippen LogP contribution in [0.5, 0.6) is 0 Å². The van der Waals surface area contributed by atoms with E-state index in [-0.39, 0.29) is 6.10 Å². The van der Waals surface area contributed by atoms with E-state index < -0.39 is 0 Å². The Labute approximate surface area is 180 Å². The second-order valence-corrected chi connectivity index (χ2v) is 12.2. The standard InChI is InChI=1S/C28H46O/c1-18(2)19(3)7-8-20(4)24-11-12-25-23-10-9-21-17-22(29)13-15-27(21,5)26(23)14-16-28(24,25)6/h10,18,20-22,24-26,29H,3,7-9,11-17H2,1-2,4-6H3/t20-,21+,22-,24+,25+,26-,27-,28+/m1/s1. The van der Waals surface area contributed by atoms with Crippen molar-refractivity contribution in [2.45, 2.75) is 105 Å². The number of aliphatic hydroxyl groups excluding tert-OH is 1. The summed E-state index contributed by atoms with van der Waals surface area (Å²) in [4.78, 5) is 0. The third kappa shape index (κ3) is 3.58. The van der Waals surface area contributed by atoms with Crippen molar-refractivity contribution in [3.63, 3.8) is 0 Å². The lowest BCUT2D eigenvalue weighted by molar-refractivity contribution is -0.0427.